The molecule has 0 atom stereocenters. The van der Waals surface area contributed by atoms with Crippen LogP contribution in [-0.2, 0) is 9.36 Å². The highest BCUT2D eigenvalue weighted by Crippen LogP contribution is 2.38. The van der Waals surface area contributed by atoms with Gasteiger partial charge in [-0.2, -0.15) is 4.98 Å². The van der Waals surface area contributed by atoms with E-state index in [1.165, 1.54) is 13.3 Å². The van der Waals surface area contributed by atoms with Crippen LogP contribution < -0.4 is 32.1 Å². The Bertz CT molecular complexity index is 1500. The zero-order valence-corrected chi connectivity index (χ0v) is 23.4. The zero-order valence-electron chi connectivity index (χ0n) is 21.8. The van der Waals surface area contributed by atoms with Crippen molar-refractivity contribution in [3.63, 3.8) is 0 Å². The molecule has 1 amide bonds. The van der Waals surface area contributed by atoms with E-state index in [-0.39, 0.29) is 16.5 Å². The van der Waals surface area contributed by atoms with Crippen LogP contribution in [-0.4, -0.2) is 41.9 Å². The molecule has 0 saturated carbocycles. The smallest absolute Gasteiger partial charge is 0.257 e. The summed E-state index contributed by atoms with van der Waals surface area (Å²) < 4.78 is 18.2. The number of hydrogen-bond donors (Lipinski definition) is 4. The number of para-hydroxylation sites is 1. The van der Waals surface area contributed by atoms with E-state index in [0.29, 0.717) is 33.8 Å². The molecular weight excluding hydrogens is 523 g/mol. The Morgan fingerprint density at radius 2 is 1.87 bits per heavy atom. The third-order valence-electron chi connectivity index (χ3n) is 5.05. The number of carbonyl (C=O) groups is 1. The highest BCUT2D eigenvalue weighted by atomic mass is 35.5. The maximum atomic E-state index is 12.8. The van der Waals surface area contributed by atoms with Crippen molar-refractivity contribution in [1.29, 1.82) is 0 Å². The first-order valence-corrected chi connectivity index (χ1v) is 14.5. The molecule has 0 aliphatic heterocycles. The van der Waals surface area contributed by atoms with E-state index >= 15 is 0 Å². The van der Waals surface area contributed by atoms with Gasteiger partial charge in [0, 0.05) is 5.30 Å². The molecule has 9 nitrogen and oxygen atoms in total. The maximum absolute atomic E-state index is 12.8. The van der Waals surface area contributed by atoms with Crippen LogP contribution in [0.15, 0.2) is 54.2 Å². The summed E-state index contributed by atoms with van der Waals surface area (Å²) in [6.45, 7) is 6.85. The van der Waals surface area contributed by atoms with Gasteiger partial charge in [0.25, 0.3) is 5.91 Å². The van der Waals surface area contributed by atoms with Crippen LogP contribution in [0.3, 0.4) is 0 Å². The van der Waals surface area contributed by atoms with Crippen LogP contribution in [0.5, 0.6) is 5.75 Å². The molecule has 0 aliphatic rings. The lowest BCUT2D eigenvalue weighted by Gasteiger charge is -2.16. The summed E-state index contributed by atoms with van der Waals surface area (Å²) in [5.74, 6) is 5.95. The van der Waals surface area contributed by atoms with Crippen LogP contribution in [0.4, 0.5) is 23.1 Å². The van der Waals surface area contributed by atoms with Gasteiger partial charge in [0.1, 0.15) is 17.9 Å². The molecule has 0 aliphatic carbocycles. The molecule has 0 saturated heterocycles. The van der Waals surface area contributed by atoms with Crippen LogP contribution in [0.2, 0.25) is 5.02 Å². The number of nitrogens with two attached hydrogens (primary N) is 2. The Hall–Kier alpha value is -3.83. The Morgan fingerprint density at radius 3 is 2.50 bits per heavy atom. The average Bonchev–Trinajstić information content (AvgIpc) is 2.83. The minimum atomic E-state index is -2.56. The second-order valence-corrected chi connectivity index (χ2v) is 13.0. The maximum Gasteiger partial charge on any atom is 0.257 e. The minimum absolute atomic E-state index is 0.108. The van der Waals surface area contributed by atoms with E-state index in [1.807, 2.05) is 18.2 Å². The number of halogens is 1. The lowest BCUT2D eigenvalue weighted by atomic mass is 10.1. The Labute approximate surface area is 227 Å². The number of nitrogens with zero attached hydrogens (tertiary/aromatic N) is 2. The number of ether oxygens (including phenoxy) is 1. The fourth-order valence-electron chi connectivity index (χ4n) is 3.29. The fraction of sp³-hybridized carbons (Fsp3) is 0.222. The van der Waals surface area contributed by atoms with Crippen molar-refractivity contribution in [2.24, 2.45) is 11.5 Å². The number of nitrogens with one attached hydrogen (secondary N) is 2. The summed E-state index contributed by atoms with van der Waals surface area (Å²) >= 11 is 6.37. The first-order valence-electron chi connectivity index (χ1n) is 11.5. The van der Waals surface area contributed by atoms with E-state index in [0.717, 1.165) is 0 Å². The van der Waals surface area contributed by atoms with Gasteiger partial charge in [-0.25, -0.2) is 4.98 Å². The fourth-order valence-corrected chi connectivity index (χ4v) is 4.58. The number of benzene rings is 2. The van der Waals surface area contributed by atoms with Crippen molar-refractivity contribution in [3.05, 3.63) is 64.8 Å². The predicted molar refractivity (Wildman–Crippen MR) is 155 cm³/mol. The average molecular weight is 553 g/mol. The lowest BCUT2D eigenvalue weighted by Crippen LogP contribution is -2.29. The van der Waals surface area contributed by atoms with Crippen LogP contribution >= 0.6 is 18.7 Å². The molecule has 3 aromatic rings. The number of rotatable bonds is 8. The van der Waals surface area contributed by atoms with E-state index in [9.17, 15) is 9.36 Å². The van der Waals surface area contributed by atoms with E-state index in [4.69, 9.17) is 27.8 Å². The van der Waals surface area contributed by atoms with E-state index in [1.54, 1.807) is 57.5 Å². The number of carbonyl (C=O) groups excluding carboxylic acids is 1. The molecule has 198 valence electrons. The summed E-state index contributed by atoms with van der Waals surface area (Å²) in [5.41, 5.74) is 12.5. The highest BCUT2D eigenvalue weighted by Gasteiger charge is 2.17. The van der Waals surface area contributed by atoms with Crippen molar-refractivity contribution >= 4 is 59.2 Å². The summed E-state index contributed by atoms with van der Waals surface area (Å²) in [5, 5.41) is 7.24. The first-order chi connectivity index (χ1) is 17.8. The van der Waals surface area contributed by atoms with Gasteiger partial charge in [0.2, 0.25) is 5.95 Å². The van der Waals surface area contributed by atoms with Gasteiger partial charge in [0.05, 0.1) is 35.8 Å². The highest BCUT2D eigenvalue weighted by molar-refractivity contribution is 7.70. The standard InChI is InChI=1S/C27H30ClN6O3P/c1-27(2,30)13-12-18(24(29)35)14-17-10-11-22(37-3)21(15-17)33-26-31-16-19(28)25(34-26)32-20-8-6-7-9-23(20)38(4,5)36/h6-11,14-16H,30H2,1-5H3,(H2,29,35)(H2,31,32,33,34). The number of anilines is 4. The lowest BCUT2D eigenvalue weighted by molar-refractivity contribution is -0.114. The monoisotopic (exact) mass is 552 g/mol. The number of amides is 1. The zero-order chi connectivity index (χ0) is 28.1. The van der Waals surface area contributed by atoms with Crippen molar-refractivity contribution in [1.82, 2.24) is 9.97 Å². The van der Waals surface area contributed by atoms with Gasteiger partial charge in [-0.1, -0.05) is 41.6 Å². The van der Waals surface area contributed by atoms with E-state index in [2.05, 4.69) is 32.4 Å². The number of aromatic nitrogens is 2. The van der Waals surface area contributed by atoms with Crippen molar-refractivity contribution in [3.8, 4) is 17.6 Å². The van der Waals surface area contributed by atoms with Crippen LogP contribution in [0, 0.1) is 11.8 Å². The molecule has 3 rings (SSSR count). The SMILES string of the molecule is COc1ccc(C=C(C#CC(C)(C)N)C(N)=O)cc1Nc1ncc(Cl)c(Nc2ccccc2P(C)(C)=O)n1. The largest absolute Gasteiger partial charge is 0.495 e. The van der Waals surface area contributed by atoms with Crippen LogP contribution in [0.1, 0.15) is 19.4 Å². The number of methoxy groups -OCH3 is 1. The summed E-state index contributed by atoms with van der Waals surface area (Å²) in [6, 6.07) is 12.5. The molecule has 1 aromatic heterocycles. The Morgan fingerprint density at radius 1 is 1.16 bits per heavy atom. The topological polar surface area (TPSA) is 145 Å². The molecule has 0 bridgehead atoms. The first kappa shape index (κ1) is 28.7. The molecule has 0 fully saturated rings. The van der Waals surface area contributed by atoms with Gasteiger partial charge >= 0.3 is 0 Å². The van der Waals surface area contributed by atoms with Crippen molar-refractivity contribution < 1.29 is 14.1 Å². The molecule has 6 N–H and O–H groups in total. The molecule has 11 heteroatoms. The molecule has 1 heterocycles. The number of primary amides is 1. The van der Waals surface area contributed by atoms with Gasteiger partial charge < -0.3 is 31.4 Å². The number of hydrogen-bond acceptors (Lipinski definition) is 8. The minimum Gasteiger partial charge on any atom is -0.495 e. The molecule has 2 aromatic carbocycles. The second-order valence-electron chi connectivity index (χ2n) is 9.36. The van der Waals surface area contributed by atoms with Crippen molar-refractivity contribution in [2.75, 3.05) is 31.1 Å². The van der Waals surface area contributed by atoms with Gasteiger partial charge in [-0.05, 0) is 63.1 Å². The van der Waals surface area contributed by atoms with Gasteiger partial charge in [-0.15, -0.1) is 0 Å². The second kappa shape index (κ2) is 11.7. The van der Waals surface area contributed by atoms with Crippen molar-refractivity contribution in [2.45, 2.75) is 19.4 Å². The molecule has 0 radical (unpaired) electrons. The molecule has 0 spiro atoms. The van der Waals surface area contributed by atoms with E-state index < -0.39 is 18.6 Å². The summed E-state index contributed by atoms with van der Waals surface area (Å²) in [6.07, 6.45) is 3.01. The quantitative estimate of drug-likeness (QED) is 0.182. The Kier molecular flexibility index (Phi) is 8.85. The summed E-state index contributed by atoms with van der Waals surface area (Å²) in [7, 11) is -1.03. The molecule has 38 heavy (non-hydrogen) atoms. The predicted octanol–water partition coefficient (Wildman–Crippen LogP) is 4.48. The van der Waals surface area contributed by atoms with Gasteiger partial charge in [0.15, 0.2) is 5.82 Å². The third kappa shape index (κ3) is 7.83. The van der Waals surface area contributed by atoms with Crippen LogP contribution in [0.25, 0.3) is 6.08 Å². The third-order valence-corrected chi connectivity index (χ3v) is 6.87. The van der Waals surface area contributed by atoms with Gasteiger partial charge in [-0.3, -0.25) is 4.79 Å². The Balaban J connectivity index is 1.97. The molecular formula is C27H30ClN6O3P. The summed E-state index contributed by atoms with van der Waals surface area (Å²) in [4.78, 5) is 20.7. The normalized spacial score (nSPS) is 11.8. The molecule has 0 unspecified atom stereocenters.